The first-order valence-electron chi connectivity index (χ1n) is 12.1. The third-order valence-electron chi connectivity index (χ3n) is 6.15. The van der Waals surface area contributed by atoms with Gasteiger partial charge >= 0.3 is 5.97 Å². The summed E-state index contributed by atoms with van der Waals surface area (Å²) < 4.78 is 33.7. The van der Waals surface area contributed by atoms with E-state index in [4.69, 9.17) is 27.9 Å². The molecule has 40 heavy (non-hydrogen) atoms. The second-order valence-electron chi connectivity index (χ2n) is 8.61. The lowest BCUT2D eigenvalue weighted by atomic mass is 10.2. The van der Waals surface area contributed by atoms with Crippen molar-refractivity contribution in [1.82, 2.24) is 0 Å². The van der Waals surface area contributed by atoms with Gasteiger partial charge in [0, 0.05) is 16.3 Å². The summed E-state index contributed by atoms with van der Waals surface area (Å²) in [6.07, 6.45) is 0. The van der Waals surface area contributed by atoms with Crippen molar-refractivity contribution < 1.29 is 22.7 Å². The molecule has 0 aromatic heterocycles. The van der Waals surface area contributed by atoms with Gasteiger partial charge in [-0.15, -0.1) is 0 Å². The molecule has 4 aromatic rings. The highest BCUT2D eigenvalue weighted by molar-refractivity contribution is 7.99. The van der Waals surface area contributed by atoms with E-state index in [0.717, 1.165) is 15.9 Å². The maximum Gasteiger partial charge on any atom is 0.340 e. The second-order valence-corrected chi connectivity index (χ2v) is 12.3. The van der Waals surface area contributed by atoms with Gasteiger partial charge in [-0.25, -0.2) is 13.2 Å². The first-order chi connectivity index (χ1) is 19.2. The highest BCUT2D eigenvalue weighted by Crippen LogP contribution is 2.47. The van der Waals surface area contributed by atoms with Crippen molar-refractivity contribution in [2.45, 2.75) is 21.6 Å². The molecule has 0 saturated carbocycles. The van der Waals surface area contributed by atoms with E-state index in [1.54, 1.807) is 49.0 Å². The highest BCUT2D eigenvalue weighted by Gasteiger charge is 2.31. The Balaban J connectivity index is 1.41. The third kappa shape index (κ3) is 5.30. The fraction of sp³-hybridized carbons (Fsp3) is 0.103. The fourth-order valence-electron chi connectivity index (χ4n) is 4.33. The Kier molecular flexibility index (Phi) is 8.09. The maximum atomic E-state index is 13.6. The quantitative estimate of drug-likeness (QED) is 0.205. The zero-order valence-electron chi connectivity index (χ0n) is 21.1. The summed E-state index contributed by atoms with van der Waals surface area (Å²) in [4.78, 5) is 29.5. The summed E-state index contributed by atoms with van der Waals surface area (Å²) in [6.45, 7) is 1.21. The molecule has 1 amide bonds. The van der Waals surface area contributed by atoms with Crippen LogP contribution in [0.4, 0.5) is 17.1 Å². The Morgan fingerprint density at radius 3 is 2.02 bits per heavy atom. The van der Waals surface area contributed by atoms with Gasteiger partial charge in [-0.2, -0.15) is 0 Å². The number of anilines is 3. The van der Waals surface area contributed by atoms with E-state index >= 15 is 0 Å². The molecule has 1 aliphatic heterocycles. The van der Waals surface area contributed by atoms with Crippen molar-refractivity contribution in [3.8, 4) is 0 Å². The predicted octanol–water partition coefficient (Wildman–Crippen LogP) is 7.19. The minimum absolute atomic E-state index is 0.103. The molecule has 0 fully saturated rings. The molecular weight excluding hydrogens is 591 g/mol. The van der Waals surface area contributed by atoms with Gasteiger partial charge in [0.05, 0.1) is 32.7 Å². The van der Waals surface area contributed by atoms with Crippen LogP contribution in [-0.4, -0.2) is 33.4 Å². The van der Waals surface area contributed by atoms with E-state index < -0.39 is 28.5 Å². The molecule has 7 nitrogen and oxygen atoms in total. The summed E-state index contributed by atoms with van der Waals surface area (Å²) >= 11 is 14.1. The van der Waals surface area contributed by atoms with Gasteiger partial charge in [-0.3, -0.25) is 14.0 Å². The average molecular weight is 614 g/mol. The van der Waals surface area contributed by atoms with Crippen molar-refractivity contribution in [2.24, 2.45) is 0 Å². The predicted molar refractivity (Wildman–Crippen MR) is 158 cm³/mol. The summed E-state index contributed by atoms with van der Waals surface area (Å²) in [5.74, 6) is -1.44. The minimum Gasteiger partial charge on any atom is -0.452 e. The summed E-state index contributed by atoms with van der Waals surface area (Å²) in [5, 5.41) is -0.250. The molecule has 1 aliphatic rings. The molecule has 0 radical (unpaired) electrons. The number of amides is 1. The Labute approximate surface area is 246 Å². The molecule has 11 heteroatoms. The van der Waals surface area contributed by atoms with Crippen LogP contribution in [0, 0.1) is 0 Å². The van der Waals surface area contributed by atoms with Crippen LogP contribution >= 0.6 is 35.0 Å². The number of rotatable bonds is 7. The molecule has 0 saturated heterocycles. The minimum atomic E-state index is -4.17. The Hall–Kier alpha value is -3.50. The largest absolute Gasteiger partial charge is 0.452 e. The van der Waals surface area contributed by atoms with Crippen molar-refractivity contribution >= 4 is 73.9 Å². The SMILES string of the molecule is CCN(c1ccccc1)S(=O)(=O)c1cc(C(=O)OCC(=O)N2c3ccccc3Sc3ccccc32)c(Cl)cc1Cl. The summed E-state index contributed by atoms with van der Waals surface area (Å²) in [7, 11) is -4.17. The molecule has 0 unspecified atom stereocenters. The lowest BCUT2D eigenvalue weighted by Gasteiger charge is -2.30. The molecule has 1 heterocycles. The molecule has 0 aliphatic carbocycles. The fourth-order valence-corrected chi connectivity index (χ4v) is 7.69. The number of benzene rings is 4. The van der Waals surface area contributed by atoms with Crippen LogP contribution < -0.4 is 9.21 Å². The van der Waals surface area contributed by atoms with Crippen molar-refractivity contribution in [1.29, 1.82) is 0 Å². The second kappa shape index (κ2) is 11.5. The number of para-hydroxylation sites is 3. The number of fused-ring (bicyclic) bond motifs is 2. The number of halogens is 2. The number of nitrogens with zero attached hydrogens (tertiary/aromatic N) is 2. The first kappa shape index (κ1) is 28.0. The Bertz CT molecular complexity index is 1670. The number of ether oxygens (including phenoxy) is 1. The molecule has 4 aromatic carbocycles. The van der Waals surface area contributed by atoms with Crippen LogP contribution in [0.1, 0.15) is 17.3 Å². The highest BCUT2D eigenvalue weighted by atomic mass is 35.5. The zero-order chi connectivity index (χ0) is 28.4. The zero-order valence-corrected chi connectivity index (χ0v) is 24.2. The standard InChI is InChI=1S/C29H22Cl2N2O5S2/c1-2-32(19-10-4-3-5-11-19)40(36,37)27-16-20(21(30)17-22(27)31)29(35)38-18-28(34)33-23-12-6-8-14-25(23)39-26-15-9-7-13-24(26)33/h3-17H,2,18H2,1H3. The Morgan fingerprint density at radius 2 is 1.43 bits per heavy atom. The van der Waals surface area contributed by atoms with E-state index in [9.17, 15) is 18.0 Å². The van der Waals surface area contributed by atoms with Gasteiger partial charge < -0.3 is 4.74 Å². The van der Waals surface area contributed by atoms with Crippen LogP contribution in [0.25, 0.3) is 0 Å². The number of hydrogen-bond donors (Lipinski definition) is 0. The smallest absolute Gasteiger partial charge is 0.340 e. The van der Waals surface area contributed by atoms with Gasteiger partial charge in [-0.1, -0.05) is 77.4 Å². The van der Waals surface area contributed by atoms with Gasteiger partial charge in [0.1, 0.15) is 4.90 Å². The molecule has 0 bridgehead atoms. The number of hydrogen-bond acceptors (Lipinski definition) is 6. The monoisotopic (exact) mass is 612 g/mol. The van der Waals surface area contributed by atoms with Crippen LogP contribution in [0.3, 0.4) is 0 Å². The number of sulfonamides is 1. The maximum absolute atomic E-state index is 13.6. The van der Waals surface area contributed by atoms with Crippen LogP contribution in [0.15, 0.2) is 106 Å². The van der Waals surface area contributed by atoms with E-state index in [1.807, 2.05) is 48.5 Å². The van der Waals surface area contributed by atoms with Crippen LogP contribution in [0.5, 0.6) is 0 Å². The summed E-state index contributed by atoms with van der Waals surface area (Å²) in [5.41, 5.74) is 1.55. The Morgan fingerprint density at radius 1 is 0.850 bits per heavy atom. The van der Waals surface area contributed by atoms with Gasteiger partial charge in [0.25, 0.3) is 15.9 Å². The molecule has 0 spiro atoms. The van der Waals surface area contributed by atoms with Gasteiger partial charge in [0.15, 0.2) is 6.61 Å². The van der Waals surface area contributed by atoms with E-state index in [0.29, 0.717) is 17.1 Å². The number of carbonyl (C=O) groups is 2. The van der Waals surface area contributed by atoms with E-state index in [-0.39, 0.29) is 27.0 Å². The third-order valence-corrected chi connectivity index (χ3v) is 9.96. The first-order valence-corrected chi connectivity index (χ1v) is 15.2. The number of esters is 1. The van der Waals surface area contributed by atoms with Crippen LogP contribution in [-0.2, 0) is 19.6 Å². The van der Waals surface area contributed by atoms with Gasteiger partial charge in [0.2, 0.25) is 0 Å². The van der Waals surface area contributed by atoms with E-state index in [2.05, 4.69) is 0 Å². The van der Waals surface area contributed by atoms with Crippen LogP contribution in [0.2, 0.25) is 10.0 Å². The number of carbonyl (C=O) groups excluding carboxylic acids is 2. The van der Waals surface area contributed by atoms with Crippen molar-refractivity contribution in [2.75, 3.05) is 22.4 Å². The molecule has 5 rings (SSSR count). The van der Waals surface area contributed by atoms with Crippen molar-refractivity contribution in [3.05, 3.63) is 107 Å². The van der Waals surface area contributed by atoms with E-state index in [1.165, 1.54) is 15.3 Å². The normalized spacial score (nSPS) is 12.3. The topological polar surface area (TPSA) is 84.0 Å². The van der Waals surface area contributed by atoms with Crippen molar-refractivity contribution in [3.63, 3.8) is 0 Å². The molecular formula is C29H22Cl2N2O5S2. The van der Waals surface area contributed by atoms with Gasteiger partial charge in [-0.05, 0) is 55.5 Å². The lowest BCUT2D eigenvalue weighted by Crippen LogP contribution is -2.33. The average Bonchev–Trinajstić information content (AvgIpc) is 2.95. The molecule has 0 atom stereocenters. The molecule has 0 N–H and O–H groups in total. The lowest BCUT2D eigenvalue weighted by molar-refractivity contribution is -0.121. The molecule has 204 valence electrons. The summed E-state index contributed by atoms with van der Waals surface area (Å²) in [6, 6.07) is 25.6.